The van der Waals surface area contributed by atoms with Gasteiger partial charge in [-0.15, -0.1) is 0 Å². The Kier molecular flexibility index (Phi) is 7.02. The Labute approximate surface area is 178 Å². The van der Waals surface area contributed by atoms with Crippen molar-refractivity contribution in [2.24, 2.45) is 0 Å². The maximum absolute atomic E-state index is 9.79. The number of nitriles is 1. The first-order chi connectivity index (χ1) is 13.8. The third-order valence-electron chi connectivity index (χ3n) is 5.02. The second kappa shape index (κ2) is 9.49. The van der Waals surface area contributed by atoms with Gasteiger partial charge in [-0.25, -0.2) is 0 Å². The molecule has 0 radical (unpaired) electrons. The molecule has 1 fully saturated rings. The predicted octanol–water partition coefficient (Wildman–Crippen LogP) is 3.73. The molecule has 0 atom stereocenters. The fourth-order valence-electron chi connectivity index (χ4n) is 3.34. The van der Waals surface area contributed by atoms with Crippen LogP contribution in [-0.4, -0.2) is 54.9 Å². The molecule has 2 aromatic carbocycles. The number of rotatable bonds is 7. The normalized spacial score (nSPS) is 15.2. The van der Waals surface area contributed by atoms with E-state index in [2.05, 4.69) is 15.9 Å². The lowest BCUT2D eigenvalue weighted by atomic mass is 10.1. The van der Waals surface area contributed by atoms with Crippen molar-refractivity contribution in [3.8, 4) is 11.8 Å². The van der Waals surface area contributed by atoms with Crippen molar-refractivity contribution >= 4 is 17.3 Å². The molecule has 0 bridgehead atoms. The van der Waals surface area contributed by atoms with Gasteiger partial charge in [-0.2, -0.15) is 5.26 Å². The van der Waals surface area contributed by atoms with Gasteiger partial charge in [-0.3, -0.25) is 4.90 Å². The lowest BCUT2D eigenvalue weighted by molar-refractivity contribution is 0.0285. The van der Waals surface area contributed by atoms with E-state index in [-0.39, 0.29) is 6.61 Å². The van der Waals surface area contributed by atoms with Crippen LogP contribution < -0.4 is 9.64 Å². The van der Waals surface area contributed by atoms with Gasteiger partial charge in [0.1, 0.15) is 12.4 Å². The van der Waals surface area contributed by atoms with Gasteiger partial charge in [0, 0.05) is 38.8 Å². The van der Waals surface area contributed by atoms with Crippen LogP contribution in [0.5, 0.6) is 5.75 Å². The van der Waals surface area contributed by atoms with Crippen molar-refractivity contribution in [3.63, 3.8) is 0 Å². The Hall–Kier alpha value is -2.26. The third kappa shape index (κ3) is 6.37. The summed E-state index contributed by atoms with van der Waals surface area (Å²) < 4.78 is 5.62. The quantitative estimate of drug-likeness (QED) is 0.749. The van der Waals surface area contributed by atoms with E-state index in [1.54, 1.807) is 13.8 Å². The van der Waals surface area contributed by atoms with Crippen molar-refractivity contribution in [3.05, 3.63) is 58.6 Å². The van der Waals surface area contributed by atoms with Crippen molar-refractivity contribution < 1.29 is 9.84 Å². The average molecular weight is 414 g/mol. The minimum absolute atomic E-state index is 0.223. The van der Waals surface area contributed by atoms with Gasteiger partial charge in [0.15, 0.2) is 0 Å². The Morgan fingerprint density at radius 3 is 2.38 bits per heavy atom. The van der Waals surface area contributed by atoms with E-state index in [9.17, 15) is 5.11 Å². The number of benzene rings is 2. The van der Waals surface area contributed by atoms with Gasteiger partial charge in [0.2, 0.25) is 0 Å². The van der Waals surface area contributed by atoms with E-state index in [1.165, 1.54) is 5.56 Å². The molecule has 1 aliphatic heterocycles. The van der Waals surface area contributed by atoms with Crippen LogP contribution in [0.1, 0.15) is 25.0 Å². The standard InChI is InChI=1S/C23H28ClN3O2/c1-23(2,28)17-29-20-7-8-22(21(24)15-20)27-13-11-26(12-14-27)10-9-18-3-5-19(16-25)6-4-18/h3-8,15,28H,9-14,17H2,1-2H3. The van der Waals surface area contributed by atoms with E-state index in [4.69, 9.17) is 21.6 Å². The molecule has 3 rings (SSSR count). The number of piperazine rings is 1. The fourth-order valence-corrected chi connectivity index (χ4v) is 3.63. The Morgan fingerprint density at radius 1 is 1.10 bits per heavy atom. The van der Waals surface area contributed by atoms with Gasteiger partial charge < -0.3 is 14.7 Å². The molecule has 1 N–H and O–H groups in total. The zero-order chi connectivity index (χ0) is 20.9. The second-order valence-corrected chi connectivity index (χ2v) is 8.51. The number of nitrogens with zero attached hydrogens (tertiary/aromatic N) is 3. The van der Waals surface area contributed by atoms with Crippen LogP contribution in [0.25, 0.3) is 0 Å². The van der Waals surface area contributed by atoms with Crippen LogP contribution in [0.3, 0.4) is 0 Å². The smallest absolute Gasteiger partial charge is 0.121 e. The highest BCUT2D eigenvalue weighted by Crippen LogP contribution is 2.31. The van der Waals surface area contributed by atoms with E-state index in [0.717, 1.165) is 44.8 Å². The molecule has 1 saturated heterocycles. The largest absolute Gasteiger partial charge is 0.491 e. The van der Waals surface area contributed by atoms with Crippen LogP contribution in [0.4, 0.5) is 5.69 Å². The lowest BCUT2D eigenvalue weighted by Crippen LogP contribution is -2.47. The maximum Gasteiger partial charge on any atom is 0.121 e. The van der Waals surface area contributed by atoms with Crippen LogP contribution in [-0.2, 0) is 6.42 Å². The number of ether oxygens (including phenoxy) is 1. The van der Waals surface area contributed by atoms with Crippen LogP contribution in [0.15, 0.2) is 42.5 Å². The molecule has 0 spiro atoms. The molecule has 0 saturated carbocycles. The number of anilines is 1. The SMILES string of the molecule is CC(C)(O)COc1ccc(N2CCN(CCc3ccc(C#N)cc3)CC2)c(Cl)c1. The number of aliphatic hydroxyl groups is 1. The summed E-state index contributed by atoms with van der Waals surface area (Å²) in [7, 11) is 0. The Balaban J connectivity index is 1.49. The zero-order valence-corrected chi connectivity index (χ0v) is 17.8. The molecule has 0 unspecified atom stereocenters. The zero-order valence-electron chi connectivity index (χ0n) is 17.1. The summed E-state index contributed by atoms with van der Waals surface area (Å²) in [5.74, 6) is 0.668. The number of hydrogen-bond donors (Lipinski definition) is 1. The second-order valence-electron chi connectivity index (χ2n) is 8.10. The summed E-state index contributed by atoms with van der Waals surface area (Å²) in [6, 6.07) is 15.7. The van der Waals surface area contributed by atoms with Crippen molar-refractivity contribution in [1.82, 2.24) is 4.90 Å². The minimum atomic E-state index is -0.876. The monoisotopic (exact) mass is 413 g/mol. The van der Waals surface area contributed by atoms with E-state index in [0.29, 0.717) is 16.3 Å². The van der Waals surface area contributed by atoms with Crippen molar-refractivity contribution in [1.29, 1.82) is 5.26 Å². The van der Waals surface area contributed by atoms with Gasteiger partial charge in [0.05, 0.1) is 27.9 Å². The van der Waals surface area contributed by atoms with Gasteiger partial charge in [0.25, 0.3) is 0 Å². The molecule has 29 heavy (non-hydrogen) atoms. The first kappa shape index (κ1) is 21.4. The minimum Gasteiger partial charge on any atom is -0.491 e. The highest BCUT2D eigenvalue weighted by molar-refractivity contribution is 6.33. The lowest BCUT2D eigenvalue weighted by Gasteiger charge is -2.36. The van der Waals surface area contributed by atoms with E-state index >= 15 is 0 Å². The maximum atomic E-state index is 9.79. The summed E-state index contributed by atoms with van der Waals surface area (Å²) in [5.41, 5.74) is 2.11. The van der Waals surface area contributed by atoms with Crippen molar-refractivity contribution in [2.45, 2.75) is 25.9 Å². The molecule has 0 aromatic heterocycles. The summed E-state index contributed by atoms with van der Waals surface area (Å²) >= 11 is 6.49. The summed E-state index contributed by atoms with van der Waals surface area (Å²) in [5, 5.41) is 19.3. The van der Waals surface area contributed by atoms with Crippen LogP contribution in [0, 0.1) is 11.3 Å². The highest BCUT2D eigenvalue weighted by atomic mass is 35.5. The van der Waals surface area contributed by atoms with E-state index in [1.807, 2.05) is 42.5 Å². The predicted molar refractivity (Wildman–Crippen MR) is 117 cm³/mol. The van der Waals surface area contributed by atoms with Gasteiger partial charge >= 0.3 is 0 Å². The third-order valence-corrected chi connectivity index (χ3v) is 5.33. The van der Waals surface area contributed by atoms with Crippen molar-refractivity contribution in [2.75, 3.05) is 44.2 Å². The molecule has 0 aliphatic carbocycles. The number of hydrogen-bond acceptors (Lipinski definition) is 5. The molecule has 1 heterocycles. The average Bonchev–Trinajstić information content (AvgIpc) is 2.71. The topological polar surface area (TPSA) is 59.7 Å². The van der Waals surface area contributed by atoms with Crippen LogP contribution >= 0.6 is 11.6 Å². The van der Waals surface area contributed by atoms with Gasteiger partial charge in [-0.1, -0.05) is 23.7 Å². The Bertz CT molecular complexity index is 848. The first-order valence-electron chi connectivity index (χ1n) is 9.95. The molecule has 1 aliphatic rings. The molecule has 154 valence electrons. The molecular weight excluding hydrogens is 386 g/mol. The Morgan fingerprint density at radius 2 is 1.79 bits per heavy atom. The molecule has 6 heteroatoms. The summed E-state index contributed by atoms with van der Waals surface area (Å²) in [6.45, 7) is 8.49. The molecular formula is C23H28ClN3O2. The molecule has 0 amide bonds. The molecule has 5 nitrogen and oxygen atoms in total. The van der Waals surface area contributed by atoms with Crippen LogP contribution in [0.2, 0.25) is 5.02 Å². The fraction of sp³-hybridized carbons (Fsp3) is 0.435. The first-order valence-corrected chi connectivity index (χ1v) is 10.3. The summed E-state index contributed by atoms with van der Waals surface area (Å²) in [6.07, 6.45) is 0.986. The van der Waals surface area contributed by atoms with E-state index < -0.39 is 5.60 Å². The number of halogens is 1. The van der Waals surface area contributed by atoms with Gasteiger partial charge in [-0.05, 0) is 50.1 Å². The summed E-state index contributed by atoms with van der Waals surface area (Å²) in [4.78, 5) is 4.77. The molecule has 2 aromatic rings. The highest BCUT2D eigenvalue weighted by Gasteiger charge is 2.20.